The summed E-state index contributed by atoms with van der Waals surface area (Å²) >= 11 is 0. The first-order valence-electron chi connectivity index (χ1n) is 8.16. The van der Waals surface area contributed by atoms with Crippen molar-refractivity contribution in [3.63, 3.8) is 0 Å². The highest BCUT2D eigenvalue weighted by Gasteiger charge is 2.15. The maximum absolute atomic E-state index is 11.9. The molecule has 0 saturated carbocycles. The van der Waals surface area contributed by atoms with E-state index in [-0.39, 0.29) is 24.1 Å². The third-order valence-corrected chi connectivity index (χ3v) is 3.57. The van der Waals surface area contributed by atoms with Crippen molar-refractivity contribution in [2.45, 2.75) is 26.7 Å². The molecule has 6 nitrogen and oxygen atoms in total. The van der Waals surface area contributed by atoms with Crippen LogP contribution in [0.15, 0.2) is 40.8 Å². The van der Waals surface area contributed by atoms with E-state index in [1.807, 2.05) is 6.92 Å². The summed E-state index contributed by atoms with van der Waals surface area (Å²) in [6.45, 7) is 3.74. The lowest BCUT2D eigenvalue weighted by Crippen LogP contribution is -2.29. The van der Waals surface area contributed by atoms with Crippen LogP contribution < -0.4 is 5.32 Å². The molecule has 1 N–H and O–H groups in total. The molecule has 0 bridgehead atoms. The molecular formula is C19H21NO5. The maximum Gasteiger partial charge on any atom is 0.374 e. The van der Waals surface area contributed by atoms with Crippen LogP contribution in [0.2, 0.25) is 0 Å². The fourth-order valence-electron chi connectivity index (χ4n) is 2.13. The highest BCUT2D eigenvalue weighted by Crippen LogP contribution is 2.23. The van der Waals surface area contributed by atoms with Gasteiger partial charge in [0, 0.05) is 17.7 Å². The van der Waals surface area contributed by atoms with Gasteiger partial charge in [-0.3, -0.25) is 9.59 Å². The molecule has 0 spiro atoms. The van der Waals surface area contributed by atoms with E-state index in [1.165, 1.54) is 13.0 Å². The number of Topliss-reactive ketones (excluding diaryl/α,β-unsaturated/α-hetero) is 1. The number of rotatable bonds is 8. The Balaban J connectivity index is 1.92. The van der Waals surface area contributed by atoms with Crippen LogP contribution in [0.1, 0.15) is 47.6 Å². The van der Waals surface area contributed by atoms with E-state index in [2.05, 4.69) is 5.32 Å². The minimum atomic E-state index is -0.697. The van der Waals surface area contributed by atoms with Gasteiger partial charge in [-0.05, 0) is 25.5 Å². The highest BCUT2D eigenvalue weighted by atomic mass is 16.5. The van der Waals surface area contributed by atoms with Crippen molar-refractivity contribution in [1.82, 2.24) is 5.32 Å². The number of hydrogen-bond acceptors (Lipinski definition) is 5. The van der Waals surface area contributed by atoms with Gasteiger partial charge in [0.1, 0.15) is 5.76 Å². The lowest BCUT2D eigenvalue weighted by atomic mass is 10.1. The molecule has 0 saturated heterocycles. The van der Waals surface area contributed by atoms with Gasteiger partial charge < -0.3 is 14.5 Å². The molecule has 0 fully saturated rings. The molecule has 0 aliphatic heterocycles. The molecular weight excluding hydrogens is 322 g/mol. The van der Waals surface area contributed by atoms with Gasteiger partial charge in [-0.25, -0.2) is 4.79 Å². The molecule has 1 aromatic carbocycles. The Labute approximate surface area is 146 Å². The zero-order chi connectivity index (χ0) is 18.2. The molecule has 0 radical (unpaired) electrons. The van der Waals surface area contributed by atoms with Crippen LogP contribution in [0.4, 0.5) is 0 Å². The highest BCUT2D eigenvalue weighted by molar-refractivity contribution is 5.94. The molecule has 1 amide bonds. The molecule has 2 rings (SSSR count). The quantitative estimate of drug-likeness (QED) is 0.452. The van der Waals surface area contributed by atoms with Gasteiger partial charge in [-0.1, -0.05) is 37.6 Å². The fraction of sp³-hybridized carbons (Fsp3) is 0.316. The Kier molecular flexibility index (Phi) is 6.51. The Hall–Kier alpha value is -2.89. The largest absolute Gasteiger partial charge is 0.450 e. The first kappa shape index (κ1) is 18.4. The number of ether oxygens (including phenoxy) is 1. The molecule has 0 aliphatic rings. The molecule has 25 heavy (non-hydrogen) atoms. The summed E-state index contributed by atoms with van der Waals surface area (Å²) < 4.78 is 10.4. The summed E-state index contributed by atoms with van der Waals surface area (Å²) in [6, 6.07) is 10.0. The van der Waals surface area contributed by atoms with Gasteiger partial charge in [-0.15, -0.1) is 0 Å². The molecule has 1 heterocycles. The summed E-state index contributed by atoms with van der Waals surface area (Å²) in [4.78, 5) is 34.7. The van der Waals surface area contributed by atoms with Crippen molar-refractivity contribution < 1.29 is 23.5 Å². The summed E-state index contributed by atoms with van der Waals surface area (Å²) in [5.41, 5.74) is 1.34. The van der Waals surface area contributed by atoms with Crippen LogP contribution in [-0.2, 0) is 9.53 Å². The van der Waals surface area contributed by atoms with E-state index in [0.29, 0.717) is 17.9 Å². The van der Waals surface area contributed by atoms with E-state index in [0.717, 1.165) is 18.4 Å². The molecule has 132 valence electrons. The van der Waals surface area contributed by atoms with Crippen molar-refractivity contribution in [3.05, 3.63) is 47.7 Å². The first-order chi connectivity index (χ1) is 12.0. The number of esters is 1. The Morgan fingerprint density at radius 3 is 2.44 bits per heavy atom. The van der Waals surface area contributed by atoms with Crippen molar-refractivity contribution >= 4 is 17.7 Å². The van der Waals surface area contributed by atoms with Crippen molar-refractivity contribution in [2.24, 2.45) is 0 Å². The number of ketones is 1. The van der Waals surface area contributed by atoms with Crippen LogP contribution in [-0.4, -0.2) is 30.8 Å². The summed E-state index contributed by atoms with van der Waals surface area (Å²) in [6.07, 6.45) is 1.85. The van der Waals surface area contributed by atoms with E-state index >= 15 is 0 Å². The van der Waals surface area contributed by atoms with E-state index in [9.17, 15) is 14.4 Å². The lowest BCUT2D eigenvalue weighted by Gasteiger charge is -2.04. The van der Waals surface area contributed by atoms with Crippen LogP contribution in [0.5, 0.6) is 0 Å². The summed E-state index contributed by atoms with van der Waals surface area (Å²) in [5, 5.41) is 2.66. The minimum Gasteiger partial charge on any atom is -0.450 e. The number of furan rings is 1. The SMILES string of the molecule is CCCCNC(=O)COC(=O)c1ccc(-c2ccc(C(C)=O)cc2)o1. The van der Waals surface area contributed by atoms with Gasteiger partial charge in [0.15, 0.2) is 12.4 Å². The lowest BCUT2D eigenvalue weighted by molar-refractivity contribution is -0.124. The predicted molar refractivity (Wildman–Crippen MR) is 92.3 cm³/mol. The van der Waals surface area contributed by atoms with Crippen LogP contribution >= 0.6 is 0 Å². The topological polar surface area (TPSA) is 85.6 Å². The number of carbonyl (C=O) groups is 3. The third-order valence-electron chi connectivity index (χ3n) is 3.57. The minimum absolute atomic E-state index is 0.0204. The van der Waals surface area contributed by atoms with Gasteiger partial charge in [0.25, 0.3) is 5.91 Å². The molecule has 0 aliphatic carbocycles. The van der Waals surface area contributed by atoms with Gasteiger partial charge in [0.2, 0.25) is 5.76 Å². The number of amides is 1. The molecule has 0 unspecified atom stereocenters. The predicted octanol–water partition coefficient (Wildman–Crippen LogP) is 3.22. The number of carbonyl (C=O) groups excluding carboxylic acids is 3. The molecule has 1 aromatic heterocycles. The number of unbranched alkanes of at least 4 members (excludes halogenated alkanes) is 1. The van der Waals surface area contributed by atoms with Crippen molar-refractivity contribution in [3.8, 4) is 11.3 Å². The first-order valence-corrected chi connectivity index (χ1v) is 8.16. The zero-order valence-corrected chi connectivity index (χ0v) is 14.3. The van der Waals surface area contributed by atoms with Gasteiger partial charge >= 0.3 is 5.97 Å². The summed E-state index contributed by atoms with van der Waals surface area (Å²) in [7, 11) is 0. The van der Waals surface area contributed by atoms with Crippen molar-refractivity contribution in [1.29, 1.82) is 0 Å². The number of nitrogens with one attached hydrogen (secondary N) is 1. The number of benzene rings is 1. The van der Waals surface area contributed by atoms with Crippen LogP contribution in [0.3, 0.4) is 0 Å². The second kappa shape index (κ2) is 8.82. The normalized spacial score (nSPS) is 10.3. The Morgan fingerprint density at radius 1 is 1.08 bits per heavy atom. The average molecular weight is 343 g/mol. The summed E-state index contributed by atoms with van der Waals surface area (Å²) in [5.74, 6) is -0.556. The van der Waals surface area contributed by atoms with E-state index < -0.39 is 5.97 Å². The van der Waals surface area contributed by atoms with E-state index in [4.69, 9.17) is 9.15 Å². The molecule has 6 heteroatoms. The Bertz CT molecular complexity index is 745. The zero-order valence-electron chi connectivity index (χ0n) is 14.3. The number of hydrogen-bond donors (Lipinski definition) is 1. The smallest absolute Gasteiger partial charge is 0.374 e. The second-order valence-electron chi connectivity index (χ2n) is 5.58. The van der Waals surface area contributed by atoms with Gasteiger partial charge in [0.05, 0.1) is 0 Å². The van der Waals surface area contributed by atoms with Crippen LogP contribution in [0, 0.1) is 0 Å². The molecule has 0 atom stereocenters. The van der Waals surface area contributed by atoms with Crippen molar-refractivity contribution in [2.75, 3.05) is 13.2 Å². The third kappa shape index (κ3) is 5.31. The van der Waals surface area contributed by atoms with Crippen LogP contribution in [0.25, 0.3) is 11.3 Å². The monoisotopic (exact) mass is 343 g/mol. The standard InChI is InChI=1S/C19H21NO5/c1-3-4-11-20-18(22)12-24-19(23)17-10-9-16(25-17)15-7-5-14(6-8-15)13(2)21/h5-10H,3-4,11-12H2,1-2H3,(H,20,22). The second-order valence-corrected chi connectivity index (χ2v) is 5.58. The maximum atomic E-state index is 11.9. The fourth-order valence-corrected chi connectivity index (χ4v) is 2.13. The molecule has 2 aromatic rings. The van der Waals surface area contributed by atoms with Gasteiger partial charge in [-0.2, -0.15) is 0 Å². The Morgan fingerprint density at radius 2 is 1.80 bits per heavy atom. The average Bonchev–Trinajstić information content (AvgIpc) is 3.10. The van der Waals surface area contributed by atoms with E-state index in [1.54, 1.807) is 30.3 Å².